The van der Waals surface area contributed by atoms with Crippen molar-refractivity contribution < 1.29 is 13.5 Å². The third-order valence-electron chi connectivity index (χ3n) is 5.92. The SMILES string of the molecule is CC1=Cc2c(ccc(Oc3ncnc(Nc4ccc(N5CCN(C)CC5)cn4)c3F)c2F)C1. The molecule has 7 nitrogen and oxygen atoms in total. The lowest BCUT2D eigenvalue weighted by atomic mass is 10.1. The van der Waals surface area contributed by atoms with Crippen LogP contribution in [0.4, 0.5) is 26.1 Å². The molecule has 3 aromatic rings. The Morgan fingerprint density at radius 2 is 1.79 bits per heavy atom. The molecule has 0 spiro atoms. The van der Waals surface area contributed by atoms with Gasteiger partial charge in [-0.25, -0.2) is 14.4 Å². The van der Waals surface area contributed by atoms with E-state index in [1.54, 1.807) is 24.4 Å². The van der Waals surface area contributed by atoms with Gasteiger partial charge in [0.05, 0.1) is 11.9 Å². The molecule has 1 aliphatic heterocycles. The Hall–Kier alpha value is -3.59. The summed E-state index contributed by atoms with van der Waals surface area (Å²) in [7, 11) is 2.10. The summed E-state index contributed by atoms with van der Waals surface area (Å²) in [5, 5.41) is 2.85. The Labute approximate surface area is 190 Å². The number of anilines is 3. The molecule has 2 aliphatic rings. The summed E-state index contributed by atoms with van der Waals surface area (Å²) in [6, 6.07) is 6.98. The highest BCUT2D eigenvalue weighted by molar-refractivity contribution is 5.66. The quantitative estimate of drug-likeness (QED) is 0.618. The highest BCUT2D eigenvalue weighted by Gasteiger charge is 2.21. The highest BCUT2D eigenvalue weighted by Crippen LogP contribution is 2.35. The summed E-state index contributed by atoms with van der Waals surface area (Å²) in [4.78, 5) is 16.7. The first-order valence-corrected chi connectivity index (χ1v) is 10.8. The first-order valence-electron chi connectivity index (χ1n) is 10.8. The van der Waals surface area contributed by atoms with E-state index in [9.17, 15) is 4.39 Å². The summed E-state index contributed by atoms with van der Waals surface area (Å²) >= 11 is 0. The van der Waals surface area contributed by atoms with Crippen LogP contribution in [0.25, 0.3) is 6.08 Å². The monoisotopic (exact) mass is 450 g/mol. The minimum absolute atomic E-state index is 0.0853. The van der Waals surface area contributed by atoms with Crippen molar-refractivity contribution in [1.29, 1.82) is 0 Å². The first-order chi connectivity index (χ1) is 16.0. The van der Waals surface area contributed by atoms with E-state index in [0.29, 0.717) is 17.8 Å². The molecule has 0 atom stereocenters. The van der Waals surface area contributed by atoms with Crippen LogP contribution in [0.2, 0.25) is 0 Å². The van der Waals surface area contributed by atoms with Crippen LogP contribution in [0.1, 0.15) is 18.1 Å². The van der Waals surface area contributed by atoms with Gasteiger partial charge in [0.15, 0.2) is 17.4 Å². The molecule has 9 heteroatoms. The number of fused-ring (bicyclic) bond motifs is 1. The molecule has 1 N–H and O–H groups in total. The number of piperazine rings is 1. The number of hydrogen-bond acceptors (Lipinski definition) is 7. The summed E-state index contributed by atoms with van der Waals surface area (Å²) < 4.78 is 35.4. The van der Waals surface area contributed by atoms with Crippen molar-refractivity contribution in [2.24, 2.45) is 0 Å². The van der Waals surface area contributed by atoms with Gasteiger partial charge >= 0.3 is 0 Å². The van der Waals surface area contributed by atoms with Crippen LogP contribution in [0.3, 0.4) is 0 Å². The van der Waals surface area contributed by atoms with E-state index in [0.717, 1.165) is 49.3 Å². The first kappa shape index (κ1) is 21.3. The molecule has 0 amide bonds. The second kappa shape index (κ2) is 8.74. The minimum Gasteiger partial charge on any atom is -0.433 e. The lowest BCUT2D eigenvalue weighted by Crippen LogP contribution is -2.44. The van der Waals surface area contributed by atoms with Crippen LogP contribution in [0, 0.1) is 11.6 Å². The average Bonchev–Trinajstić information content (AvgIpc) is 3.20. The van der Waals surface area contributed by atoms with Crippen LogP contribution in [-0.2, 0) is 6.42 Å². The van der Waals surface area contributed by atoms with E-state index >= 15 is 4.39 Å². The highest BCUT2D eigenvalue weighted by atomic mass is 19.1. The van der Waals surface area contributed by atoms with E-state index < -0.39 is 11.6 Å². The minimum atomic E-state index is -0.825. The van der Waals surface area contributed by atoms with Crippen LogP contribution in [0.5, 0.6) is 11.6 Å². The lowest BCUT2D eigenvalue weighted by Gasteiger charge is -2.33. The Bertz CT molecular complexity index is 1210. The molecule has 0 saturated carbocycles. The van der Waals surface area contributed by atoms with Crippen molar-refractivity contribution in [2.45, 2.75) is 13.3 Å². The second-order valence-corrected chi connectivity index (χ2v) is 8.38. The fraction of sp³-hybridized carbons (Fsp3) is 0.292. The Morgan fingerprint density at radius 3 is 2.55 bits per heavy atom. The second-order valence-electron chi connectivity index (χ2n) is 8.38. The molecule has 0 bridgehead atoms. The third-order valence-corrected chi connectivity index (χ3v) is 5.92. The van der Waals surface area contributed by atoms with Gasteiger partial charge in [-0.3, -0.25) is 0 Å². The van der Waals surface area contributed by atoms with Gasteiger partial charge in [-0.15, -0.1) is 0 Å². The van der Waals surface area contributed by atoms with E-state index in [-0.39, 0.29) is 17.4 Å². The van der Waals surface area contributed by atoms with Gasteiger partial charge in [0.25, 0.3) is 5.88 Å². The van der Waals surface area contributed by atoms with E-state index in [2.05, 4.69) is 37.1 Å². The van der Waals surface area contributed by atoms with Crippen molar-refractivity contribution in [3.63, 3.8) is 0 Å². The predicted octanol–water partition coefficient (Wildman–Crippen LogP) is 4.40. The Morgan fingerprint density at radius 1 is 0.970 bits per heavy atom. The average molecular weight is 450 g/mol. The smallest absolute Gasteiger partial charge is 0.261 e. The molecule has 33 heavy (non-hydrogen) atoms. The molecule has 3 heterocycles. The molecule has 5 rings (SSSR count). The molecule has 2 aromatic heterocycles. The maximum atomic E-state index is 15.0. The van der Waals surface area contributed by atoms with Gasteiger partial charge in [-0.1, -0.05) is 17.7 Å². The van der Waals surface area contributed by atoms with Gasteiger partial charge in [0.2, 0.25) is 5.82 Å². The maximum Gasteiger partial charge on any atom is 0.261 e. The zero-order valence-corrected chi connectivity index (χ0v) is 18.5. The van der Waals surface area contributed by atoms with Gasteiger partial charge in [0, 0.05) is 31.7 Å². The van der Waals surface area contributed by atoms with Crippen molar-refractivity contribution >= 4 is 23.4 Å². The number of aromatic nitrogens is 3. The normalized spacial score (nSPS) is 15.9. The largest absolute Gasteiger partial charge is 0.433 e. The topological polar surface area (TPSA) is 66.4 Å². The van der Waals surface area contributed by atoms with E-state index in [1.165, 1.54) is 6.07 Å². The maximum absolute atomic E-state index is 15.0. The van der Waals surface area contributed by atoms with Crippen molar-refractivity contribution in [3.8, 4) is 11.6 Å². The number of benzene rings is 1. The van der Waals surface area contributed by atoms with Gasteiger partial charge in [-0.05, 0) is 44.2 Å². The number of pyridine rings is 1. The molecule has 1 aromatic carbocycles. The van der Waals surface area contributed by atoms with Crippen molar-refractivity contribution in [1.82, 2.24) is 19.9 Å². The summed E-state index contributed by atoms with van der Waals surface area (Å²) in [5.74, 6) is -1.47. The fourth-order valence-electron chi connectivity index (χ4n) is 4.05. The third kappa shape index (κ3) is 4.36. The van der Waals surface area contributed by atoms with Crippen LogP contribution in [-0.4, -0.2) is 53.1 Å². The Balaban J connectivity index is 1.32. The predicted molar refractivity (Wildman–Crippen MR) is 123 cm³/mol. The number of likely N-dealkylation sites (N-methyl/N-ethyl adjacent to an activating group) is 1. The molecule has 1 fully saturated rings. The van der Waals surface area contributed by atoms with Gasteiger partial charge in [0.1, 0.15) is 12.1 Å². The van der Waals surface area contributed by atoms with Crippen molar-refractivity contribution in [2.75, 3.05) is 43.4 Å². The number of nitrogens with zero attached hydrogens (tertiary/aromatic N) is 5. The van der Waals surface area contributed by atoms with Crippen LogP contribution in [0.15, 0.2) is 42.4 Å². The zero-order chi connectivity index (χ0) is 22.9. The lowest BCUT2D eigenvalue weighted by molar-refractivity contribution is 0.313. The molecule has 1 saturated heterocycles. The fourth-order valence-corrected chi connectivity index (χ4v) is 4.05. The standard InChI is InChI=1S/C24H24F2N6O/c1-15-11-16-3-5-19(21(25)18(16)12-15)33-24-22(26)23(28-14-29-24)30-20-6-4-17(13-27-20)32-9-7-31(2)8-10-32/h3-6,12-14H,7-11H2,1-2H3,(H,27,28,29,30). The number of hydrogen-bond donors (Lipinski definition) is 1. The molecule has 170 valence electrons. The van der Waals surface area contributed by atoms with Gasteiger partial charge in [-0.2, -0.15) is 9.37 Å². The molecular weight excluding hydrogens is 426 g/mol. The molecule has 1 aliphatic carbocycles. The number of nitrogens with one attached hydrogen (secondary N) is 1. The summed E-state index contributed by atoms with van der Waals surface area (Å²) in [6.45, 7) is 5.79. The van der Waals surface area contributed by atoms with Crippen LogP contribution < -0.4 is 15.0 Å². The molecule has 0 radical (unpaired) electrons. The van der Waals surface area contributed by atoms with Crippen molar-refractivity contribution in [3.05, 3.63) is 65.1 Å². The van der Waals surface area contributed by atoms with Crippen LogP contribution >= 0.6 is 0 Å². The zero-order valence-electron chi connectivity index (χ0n) is 18.5. The number of rotatable bonds is 5. The number of ether oxygens (including phenoxy) is 1. The van der Waals surface area contributed by atoms with E-state index in [4.69, 9.17) is 4.74 Å². The molecular formula is C24H24F2N6O. The number of halogens is 2. The Kier molecular flexibility index (Phi) is 5.63. The molecule has 0 unspecified atom stereocenters. The van der Waals surface area contributed by atoms with E-state index in [1.807, 2.05) is 13.0 Å². The summed E-state index contributed by atoms with van der Waals surface area (Å²) in [6.07, 6.45) is 5.38. The summed E-state index contributed by atoms with van der Waals surface area (Å²) in [5.41, 5.74) is 3.43. The number of allylic oxidation sites excluding steroid dienone is 1. The van der Waals surface area contributed by atoms with Gasteiger partial charge < -0.3 is 19.9 Å².